The van der Waals surface area contributed by atoms with Crippen LogP contribution in [-0.2, 0) is 0 Å². The first-order valence-corrected chi connectivity index (χ1v) is 5.14. The Morgan fingerprint density at radius 1 is 1.33 bits per heavy atom. The zero-order chi connectivity index (χ0) is 9.03. The largest absolute Gasteiger partial charge is 0.391 e. The van der Waals surface area contributed by atoms with Crippen LogP contribution < -0.4 is 0 Å². The van der Waals surface area contributed by atoms with Gasteiger partial charge in [-0.05, 0) is 32.6 Å². The minimum absolute atomic E-state index is 0.334. The third kappa shape index (κ3) is 2.20. The second-order valence-electron chi connectivity index (χ2n) is 4.35. The summed E-state index contributed by atoms with van der Waals surface area (Å²) in [6, 6.07) is 0.736. The van der Waals surface area contributed by atoms with E-state index in [9.17, 15) is 0 Å². The molecule has 12 heavy (non-hydrogen) atoms. The molecule has 0 spiro atoms. The number of likely N-dealkylation sites (tertiary alicyclic amines) is 1. The van der Waals surface area contributed by atoms with E-state index in [1.54, 1.807) is 0 Å². The Morgan fingerprint density at radius 2 is 2.08 bits per heavy atom. The van der Waals surface area contributed by atoms with Crippen LogP contribution in [0.4, 0.5) is 0 Å². The van der Waals surface area contributed by atoms with E-state index >= 15 is 0 Å². The van der Waals surface area contributed by atoms with E-state index in [1.165, 1.54) is 32.2 Å². The van der Waals surface area contributed by atoms with Crippen LogP contribution in [-0.4, -0.2) is 42.4 Å². The predicted octanol–water partition coefficient (Wildman–Crippen LogP) is 1.39. The van der Waals surface area contributed by atoms with Gasteiger partial charge in [0.2, 0.25) is 0 Å². The topological polar surface area (TPSA) is 20.2 Å². The quantitative estimate of drug-likeness (QED) is 0.624. The molecule has 72 valence electrons. The molecular formula is C10H22NO+. The number of quaternary nitrogens is 1. The summed E-state index contributed by atoms with van der Waals surface area (Å²) in [6.07, 6.45) is 5.42. The van der Waals surface area contributed by atoms with Gasteiger partial charge in [-0.2, -0.15) is 0 Å². The molecule has 1 aliphatic rings. The number of rotatable bonds is 2. The smallest absolute Gasteiger partial charge is 0.102 e. The maximum Gasteiger partial charge on any atom is 0.102 e. The molecule has 1 N–H and O–H groups in total. The van der Waals surface area contributed by atoms with Crippen LogP contribution >= 0.6 is 0 Å². The minimum Gasteiger partial charge on any atom is -0.391 e. The third-order valence-corrected chi connectivity index (χ3v) is 3.47. The molecule has 1 fully saturated rings. The molecule has 2 nitrogen and oxygen atoms in total. The number of aliphatic hydroxyl groups excluding tert-OH is 1. The van der Waals surface area contributed by atoms with Crippen molar-refractivity contribution in [1.29, 1.82) is 0 Å². The molecule has 0 aromatic heterocycles. The van der Waals surface area contributed by atoms with Crippen molar-refractivity contribution in [3.63, 3.8) is 0 Å². The lowest BCUT2D eigenvalue weighted by atomic mass is 10.1. The fourth-order valence-electron chi connectivity index (χ4n) is 2.18. The van der Waals surface area contributed by atoms with Gasteiger partial charge in [-0.1, -0.05) is 0 Å². The van der Waals surface area contributed by atoms with Crippen molar-refractivity contribution < 1.29 is 9.59 Å². The summed E-state index contributed by atoms with van der Waals surface area (Å²) < 4.78 is 1.08. The fourth-order valence-corrected chi connectivity index (χ4v) is 2.18. The molecular weight excluding hydrogens is 150 g/mol. The normalized spacial score (nSPS) is 37.8. The van der Waals surface area contributed by atoms with Crippen LogP contribution in [0.15, 0.2) is 0 Å². The van der Waals surface area contributed by atoms with E-state index in [1.807, 2.05) is 0 Å². The molecule has 0 saturated carbocycles. The lowest BCUT2D eigenvalue weighted by Crippen LogP contribution is -2.52. The highest BCUT2D eigenvalue weighted by Gasteiger charge is 2.29. The van der Waals surface area contributed by atoms with E-state index in [-0.39, 0.29) is 0 Å². The Labute approximate surface area is 75.8 Å². The summed E-state index contributed by atoms with van der Waals surface area (Å²) in [5, 5.41) is 8.98. The van der Waals surface area contributed by atoms with Crippen LogP contribution in [0.5, 0.6) is 0 Å². The maximum absolute atomic E-state index is 8.98. The SMILES string of the molecule is CC1CCCCC[N+]1(C)CCO. The van der Waals surface area contributed by atoms with Crippen LogP contribution in [0.2, 0.25) is 0 Å². The van der Waals surface area contributed by atoms with Gasteiger partial charge in [-0.3, -0.25) is 0 Å². The molecule has 0 aliphatic carbocycles. The Bertz CT molecular complexity index is 138. The zero-order valence-corrected chi connectivity index (χ0v) is 8.42. The molecule has 1 aliphatic heterocycles. The summed E-state index contributed by atoms with van der Waals surface area (Å²) in [6.45, 7) is 4.84. The molecule has 1 heterocycles. The average molecular weight is 172 g/mol. The highest BCUT2D eigenvalue weighted by Crippen LogP contribution is 2.21. The molecule has 1 saturated heterocycles. The van der Waals surface area contributed by atoms with Gasteiger partial charge >= 0.3 is 0 Å². The van der Waals surface area contributed by atoms with Crippen molar-refractivity contribution >= 4 is 0 Å². The van der Waals surface area contributed by atoms with Gasteiger partial charge in [0.05, 0.1) is 26.2 Å². The number of aliphatic hydroxyl groups is 1. The van der Waals surface area contributed by atoms with Crippen molar-refractivity contribution in [3.8, 4) is 0 Å². The molecule has 2 heteroatoms. The fraction of sp³-hybridized carbons (Fsp3) is 1.00. The first-order chi connectivity index (χ1) is 5.69. The van der Waals surface area contributed by atoms with Crippen molar-refractivity contribution in [2.75, 3.05) is 26.7 Å². The lowest BCUT2D eigenvalue weighted by Gasteiger charge is -2.38. The average Bonchev–Trinajstić information content (AvgIpc) is 2.17. The summed E-state index contributed by atoms with van der Waals surface area (Å²) in [5.74, 6) is 0. The first-order valence-electron chi connectivity index (χ1n) is 5.14. The molecule has 1 rings (SSSR count). The summed E-state index contributed by atoms with van der Waals surface area (Å²) in [4.78, 5) is 0. The van der Waals surface area contributed by atoms with Gasteiger partial charge < -0.3 is 9.59 Å². The van der Waals surface area contributed by atoms with Crippen molar-refractivity contribution in [3.05, 3.63) is 0 Å². The van der Waals surface area contributed by atoms with Crippen LogP contribution in [0.1, 0.15) is 32.6 Å². The molecule has 2 unspecified atom stereocenters. The standard InChI is InChI=1S/C10H22NO/c1-10-6-4-3-5-7-11(10,2)8-9-12/h10,12H,3-9H2,1-2H3/q+1. The van der Waals surface area contributed by atoms with Gasteiger partial charge in [-0.25, -0.2) is 0 Å². The van der Waals surface area contributed by atoms with Gasteiger partial charge in [0.25, 0.3) is 0 Å². The Balaban J connectivity index is 2.55. The highest BCUT2D eigenvalue weighted by atomic mass is 16.3. The maximum atomic E-state index is 8.98. The van der Waals surface area contributed by atoms with Crippen LogP contribution in [0.3, 0.4) is 0 Å². The van der Waals surface area contributed by atoms with Gasteiger partial charge in [-0.15, -0.1) is 0 Å². The number of nitrogens with zero attached hydrogens (tertiary/aromatic N) is 1. The molecule has 0 aromatic rings. The summed E-state index contributed by atoms with van der Waals surface area (Å²) in [7, 11) is 2.28. The Hall–Kier alpha value is -0.0800. The van der Waals surface area contributed by atoms with E-state index in [2.05, 4.69) is 14.0 Å². The molecule has 0 radical (unpaired) electrons. The highest BCUT2D eigenvalue weighted by molar-refractivity contribution is 4.59. The molecule has 0 amide bonds. The van der Waals surface area contributed by atoms with E-state index in [0.29, 0.717) is 6.61 Å². The van der Waals surface area contributed by atoms with E-state index < -0.39 is 0 Å². The third-order valence-electron chi connectivity index (χ3n) is 3.47. The van der Waals surface area contributed by atoms with Crippen LogP contribution in [0.25, 0.3) is 0 Å². The van der Waals surface area contributed by atoms with Crippen molar-refractivity contribution in [2.45, 2.75) is 38.6 Å². The Kier molecular flexibility index (Phi) is 3.53. The second kappa shape index (κ2) is 4.24. The zero-order valence-electron chi connectivity index (χ0n) is 8.42. The molecule has 2 atom stereocenters. The number of hydrogen-bond donors (Lipinski definition) is 1. The number of likely N-dealkylation sites (N-methyl/N-ethyl adjacent to an activating group) is 1. The monoisotopic (exact) mass is 172 g/mol. The number of hydrogen-bond acceptors (Lipinski definition) is 1. The first kappa shape index (κ1) is 10.0. The van der Waals surface area contributed by atoms with E-state index in [4.69, 9.17) is 5.11 Å². The van der Waals surface area contributed by atoms with Crippen molar-refractivity contribution in [2.24, 2.45) is 0 Å². The predicted molar refractivity (Wildman–Crippen MR) is 50.9 cm³/mol. The van der Waals surface area contributed by atoms with Crippen LogP contribution in [0, 0.1) is 0 Å². The minimum atomic E-state index is 0.334. The molecule has 0 bridgehead atoms. The van der Waals surface area contributed by atoms with Gasteiger partial charge in [0.1, 0.15) is 6.54 Å². The van der Waals surface area contributed by atoms with Gasteiger partial charge in [0.15, 0.2) is 0 Å². The Morgan fingerprint density at radius 3 is 2.75 bits per heavy atom. The van der Waals surface area contributed by atoms with Crippen molar-refractivity contribution in [1.82, 2.24) is 0 Å². The molecule has 0 aromatic carbocycles. The summed E-state index contributed by atoms with van der Waals surface area (Å²) in [5.41, 5.74) is 0. The lowest BCUT2D eigenvalue weighted by molar-refractivity contribution is -0.931. The van der Waals surface area contributed by atoms with Gasteiger partial charge in [0, 0.05) is 0 Å². The summed E-state index contributed by atoms with van der Waals surface area (Å²) >= 11 is 0. The van der Waals surface area contributed by atoms with E-state index in [0.717, 1.165) is 17.1 Å². The second-order valence-corrected chi connectivity index (χ2v) is 4.35.